The van der Waals surface area contributed by atoms with Gasteiger partial charge in [-0.1, -0.05) is 30.3 Å². The molecule has 1 aliphatic rings. The summed E-state index contributed by atoms with van der Waals surface area (Å²) in [5.41, 5.74) is 1.67. The van der Waals surface area contributed by atoms with Gasteiger partial charge in [-0.05, 0) is 43.4 Å². The maximum absolute atomic E-state index is 12.1. The predicted molar refractivity (Wildman–Crippen MR) is 90.6 cm³/mol. The van der Waals surface area contributed by atoms with Crippen molar-refractivity contribution >= 4 is 11.7 Å². The van der Waals surface area contributed by atoms with Gasteiger partial charge >= 0.3 is 0 Å². The normalized spacial score (nSPS) is 14.0. The molecule has 3 rings (SSSR count). The van der Waals surface area contributed by atoms with Crippen molar-refractivity contribution in [2.75, 3.05) is 24.5 Å². The summed E-state index contributed by atoms with van der Waals surface area (Å²) in [7, 11) is 0. The van der Waals surface area contributed by atoms with Crippen molar-refractivity contribution in [2.24, 2.45) is 0 Å². The number of anilines is 1. The van der Waals surface area contributed by atoms with E-state index in [0.717, 1.165) is 31.7 Å². The third-order valence-corrected chi connectivity index (χ3v) is 4.08. The molecule has 0 unspecified atom stereocenters. The van der Waals surface area contributed by atoms with Crippen LogP contribution in [0.1, 0.15) is 35.3 Å². The molecule has 2 heterocycles. The molecule has 23 heavy (non-hydrogen) atoms. The predicted octanol–water partition coefficient (Wildman–Crippen LogP) is 2.44. The number of hydrogen-bond donors (Lipinski definition) is 1. The van der Waals surface area contributed by atoms with Crippen LogP contribution < -0.4 is 10.2 Å². The van der Waals surface area contributed by atoms with Crippen molar-refractivity contribution in [2.45, 2.75) is 25.7 Å². The number of rotatable bonds is 6. The number of amides is 1. The number of hydrogen-bond acceptors (Lipinski definition) is 4. The number of aromatic nitrogens is 2. The standard InChI is InChI=1S/C18H22N4O/c23-18(19-12-6-9-15-7-2-1-3-8-15)16-10-11-17(21-20-16)22-13-4-5-14-22/h1-3,7-8,10-11H,4-6,9,12-14H2,(H,19,23). The number of nitrogens with zero attached hydrogens (tertiary/aromatic N) is 3. The Morgan fingerprint density at radius 3 is 2.52 bits per heavy atom. The molecule has 120 valence electrons. The average molecular weight is 310 g/mol. The summed E-state index contributed by atoms with van der Waals surface area (Å²) in [5.74, 6) is 0.710. The van der Waals surface area contributed by atoms with Crippen molar-refractivity contribution in [3.8, 4) is 0 Å². The highest BCUT2D eigenvalue weighted by Crippen LogP contribution is 2.16. The molecule has 0 radical (unpaired) electrons. The Morgan fingerprint density at radius 1 is 1.04 bits per heavy atom. The smallest absolute Gasteiger partial charge is 0.271 e. The van der Waals surface area contributed by atoms with Gasteiger partial charge in [0.1, 0.15) is 0 Å². The highest BCUT2D eigenvalue weighted by atomic mass is 16.1. The van der Waals surface area contributed by atoms with E-state index in [2.05, 4.69) is 32.5 Å². The third kappa shape index (κ3) is 4.28. The van der Waals surface area contributed by atoms with Gasteiger partial charge in [0.05, 0.1) is 0 Å². The van der Waals surface area contributed by atoms with Gasteiger partial charge in [-0.25, -0.2) is 0 Å². The minimum absolute atomic E-state index is 0.154. The Balaban J connectivity index is 1.44. The van der Waals surface area contributed by atoms with Crippen molar-refractivity contribution < 1.29 is 4.79 Å². The summed E-state index contributed by atoms with van der Waals surface area (Å²) < 4.78 is 0. The molecule has 1 saturated heterocycles. The van der Waals surface area contributed by atoms with E-state index in [4.69, 9.17) is 0 Å². The van der Waals surface area contributed by atoms with Crippen molar-refractivity contribution in [3.63, 3.8) is 0 Å². The summed E-state index contributed by atoms with van der Waals surface area (Å²) in [4.78, 5) is 14.3. The van der Waals surface area contributed by atoms with Crippen LogP contribution in [0.4, 0.5) is 5.82 Å². The molecule has 5 nitrogen and oxygen atoms in total. The molecule has 1 fully saturated rings. The highest BCUT2D eigenvalue weighted by Gasteiger charge is 2.15. The van der Waals surface area contributed by atoms with Crippen LogP contribution in [0.15, 0.2) is 42.5 Å². The minimum Gasteiger partial charge on any atom is -0.355 e. The SMILES string of the molecule is O=C(NCCCc1ccccc1)c1ccc(N2CCCC2)nn1. The Bertz CT molecular complexity index is 621. The molecule has 1 aromatic heterocycles. The molecular weight excluding hydrogens is 288 g/mol. The summed E-state index contributed by atoms with van der Waals surface area (Å²) in [6.07, 6.45) is 4.27. The molecule has 0 atom stereocenters. The van der Waals surface area contributed by atoms with Crippen LogP contribution in [0.25, 0.3) is 0 Å². The van der Waals surface area contributed by atoms with E-state index in [1.165, 1.54) is 18.4 Å². The summed E-state index contributed by atoms with van der Waals surface area (Å²) in [6, 6.07) is 13.9. The fourth-order valence-corrected chi connectivity index (χ4v) is 2.79. The lowest BCUT2D eigenvalue weighted by atomic mass is 10.1. The third-order valence-electron chi connectivity index (χ3n) is 4.08. The van der Waals surface area contributed by atoms with Crippen LogP contribution in [0.2, 0.25) is 0 Å². The van der Waals surface area contributed by atoms with Gasteiger partial charge in [-0.15, -0.1) is 10.2 Å². The van der Waals surface area contributed by atoms with Gasteiger partial charge in [-0.2, -0.15) is 0 Å². The van der Waals surface area contributed by atoms with E-state index in [9.17, 15) is 4.79 Å². The van der Waals surface area contributed by atoms with E-state index < -0.39 is 0 Å². The van der Waals surface area contributed by atoms with E-state index >= 15 is 0 Å². The Kier molecular flexibility index (Phi) is 5.19. The average Bonchev–Trinajstić information content (AvgIpc) is 3.14. The summed E-state index contributed by atoms with van der Waals surface area (Å²) in [5, 5.41) is 11.1. The first-order valence-electron chi connectivity index (χ1n) is 8.24. The van der Waals surface area contributed by atoms with Gasteiger partial charge < -0.3 is 10.2 Å². The van der Waals surface area contributed by atoms with Crippen molar-refractivity contribution in [3.05, 3.63) is 53.7 Å². The Labute approximate surface area is 136 Å². The van der Waals surface area contributed by atoms with E-state index in [1.54, 1.807) is 6.07 Å². The van der Waals surface area contributed by atoms with Crippen LogP contribution in [0.5, 0.6) is 0 Å². The zero-order valence-corrected chi connectivity index (χ0v) is 13.2. The van der Waals surface area contributed by atoms with Crippen LogP contribution in [0.3, 0.4) is 0 Å². The first-order chi connectivity index (χ1) is 11.3. The first kappa shape index (κ1) is 15.5. The zero-order chi connectivity index (χ0) is 15.9. The van der Waals surface area contributed by atoms with E-state index in [-0.39, 0.29) is 5.91 Å². The largest absolute Gasteiger partial charge is 0.355 e. The molecule has 1 aliphatic heterocycles. The van der Waals surface area contributed by atoms with Gasteiger partial charge in [0.25, 0.3) is 5.91 Å². The number of carbonyl (C=O) groups is 1. The highest BCUT2D eigenvalue weighted by molar-refractivity contribution is 5.92. The fraction of sp³-hybridized carbons (Fsp3) is 0.389. The second kappa shape index (κ2) is 7.72. The monoisotopic (exact) mass is 310 g/mol. The number of nitrogens with one attached hydrogen (secondary N) is 1. The lowest BCUT2D eigenvalue weighted by Crippen LogP contribution is -2.26. The summed E-state index contributed by atoms with van der Waals surface area (Å²) >= 11 is 0. The lowest BCUT2D eigenvalue weighted by Gasteiger charge is -2.15. The van der Waals surface area contributed by atoms with Crippen molar-refractivity contribution in [1.29, 1.82) is 0 Å². The van der Waals surface area contributed by atoms with Crippen LogP contribution in [-0.4, -0.2) is 35.7 Å². The fourth-order valence-electron chi connectivity index (χ4n) is 2.79. The first-order valence-corrected chi connectivity index (χ1v) is 8.24. The molecule has 0 spiro atoms. The molecule has 0 aliphatic carbocycles. The Hall–Kier alpha value is -2.43. The molecule has 1 aromatic carbocycles. The second-order valence-corrected chi connectivity index (χ2v) is 5.82. The van der Waals surface area contributed by atoms with E-state index in [1.807, 2.05) is 24.3 Å². The molecule has 5 heteroatoms. The van der Waals surface area contributed by atoms with Crippen molar-refractivity contribution in [1.82, 2.24) is 15.5 Å². The van der Waals surface area contributed by atoms with Crippen LogP contribution in [-0.2, 0) is 6.42 Å². The van der Waals surface area contributed by atoms with E-state index in [0.29, 0.717) is 12.2 Å². The molecule has 2 aromatic rings. The second-order valence-electron chi connectivity index (χ2n) is 5.82. The van der Waals surface area contributed by atoms with Crippen LogP contribution >= 0.6 is 0 Å². The van der Waals surface area contributed by atoms with Gasteiger partial charge in [0.2, 0.25) is 0 Å². The summed E-state index contributed by atoms with van der Waals surface area (Å²) in [6.45, 7) is 2.70. The molecule has 0 saturated carbocycles. The number of aryl methyl sites for hydroxylation is 1. The zero-order valence-electron chi connectivity index (χ0n) is 13.2. The van der Waals surface area contributed by atoms with Gasteiger partial charge in [-0.3, -0.25) is 4.79 Å². The van der Waals surface area contributed by atoms with Gasteiger partial charge in [0, 0.05) is 19.6 Å². The number of carbonyl (C=O) groups excluding carboxylic acids is 1. The quantitative estimate of drug-likeness (QED) is 0.833. The Morgan fingerprint density at radius 2 is 1.83 bits per heavy atom. The molecule has 1 N–H and O–H groups in total. The lowest BCUT2D eigenvalue weighted by molar-refractivity contribution is 0.0947. The molecule has 0 bridgehead atoms. The maximum Gasteiger partial charge on any atom is 0.271 e. The maximum atomic E-state index is 12.1. The molecule has 1 amide bonds. The number of benzene rings is 1. The van der Waals surface area contributed by atoms with Gasteiger partial charge in [0.15, 0.2) is 11.5 Å². The van der Waals surface area contributed by atoms with Crippen LogP contribution in [0, 0.1) is 0 Å². The minimum atomic E-state index is -0.154. The molecular formula is C18H22N4O. The topological polar surface area (TPSA) is 58.1 Å².